The Morgan fingerprint density at radius 3 is 2.80 bits per heavy atom. The second-order valence-electron chi connectivity index (χ2n) is 4.77. The van der Waals surface area contributed by atoms with Crippen molar-refractivity contribution in [2.75, 3.05) is 12.3 Å². The Morgan fingerprint density at radius 2 is 2.20 bits per heavy atom. The van der Waals surface area contributed by atoms with E-state index in [4.69, 9.17) is 5.73 Å². The average Bonchev–Trinajstić information content (AvgIpc) is 2.90. The predicted molar refractivity (Wildman–Crippen MR) is 67.6 cm³/mol. The third-order valence-corrected chi connectivity index (χ3v) is 3.77. The Bertz CT molecular complexity index is 359. The van der Waals surface area contributed by atoms with Crippen LogP contribution in [0.15, 0.2) is 22.7 Å². The second kappa shape index (κ2) is 4.14. The molecule has 1 aromatic rings. The van der Waals surface area contributed by atoms with E-state index in [0.717, 1.165) is 23.2 Å². The molecule has 0 unspecified atom stereocenters. The predicted octanol–water partition coefficient (Wildman–Crippen LogP) is 2.92. The summed E-state index contributed by atoms with van der Waals surface area (Å²) in [5.41, 5.74) is 8.45. The van der Waals surface area contributed by atoms with E-state index in [1.54, 1.807) is 0 Å². The van der Waals surface area contributed by atoms with Crippen LogP contribution < -0.4 is 11.1 Å². The molecule has 2 nitrogen and oxygen atoms in total. The maximum absolute atomic E-state index is 5.82. The van der Waals surface area contributed by atoms with Gasteiger partial charge in [-0.3, -0.25) is 0 Å². The highest BCUT2D eigenvalue weighted by Gasteiger charge is 2.36. The van der Waals surface area contributed by atoms with Crippen LogP contribution in [0.2, 0.25) is 0 Å². The number of hydrogen-bond donors (Lipinski definition) is 2. The summed E-state index contributed by atoms with van der Waals surface area (Å²) in [6.07, 6.45) is 2.73. The van der Waals surface area contributed by atoms with Gasteiger partial charge in [0.25, 0.3) is 0 Å². The Hall–Kier alpha value is -0.540. The number of nitrogens with two attached hydrogens (primary N) is 1. The molecule has 1 aliphatic carbocycles. The summed E-state index contributed by atoms with van der Waals surface area (Å²) in [6, 6.07) is 6.13. The molecule has 0 heterocycles. The lowest BCUT2D eigenvalue weighted by Gasteiger charge is -2.10. The first-order chi connectivity index (χ1) is 7.09. The fraction of sp³-hybridized carbons (Fsp3) is 0.500. The largest absolute Gasteiger partial charge is 0.398 e. The zero-order chi connectivity index (χ0) is 10.9. The molecule has 3 heteroatoms. The van der Waals surface area contributed by atoms with Crippen molar-refractivity contribution in [3.05, 3.63) is 28.2 Å². The number of halogens is 1. The van der Waals surface area contributed by atoms with E-state index in [2.05, 4.69) is 34.2 Å². The molecule has 0 spiro atoms. The van der Waals surface area contributed by atoms with E-state index in [-0.39, 0.29) is 0 Å². The van der Waals surface area contributed by atoms with Crippen molar-refractivity contribution in [2.24, 2.45) is 5.41 Å². The van der Waals surface area contributed by atoms with E-state index in [1.165, 1.54) is 18.4 Å². The van der Waals surface area contributed by atoms with Gasteiger partial charge < -0.3 is 11.1 Å². The fourth-order valence-corrected chi connectivity index (χ4v) is 1.85. The summed E-state index contributed by atoms with van der Waals surface area (Å²) < 4.78 is 0.973. The summed E-state index contributed by atoms with van der Waals surface area (Å²) in [7, 11) is 0. The molecule has 82 valence electrons. The fourth-order valence-electron chi connectivity index (χ4n) is 1.60. The van der Waals surface area contributed by atoms with Crippen molar-refractivity contribution >= 4 is 21.6 Å². The van der Waals surface area contributed by atoms with Gasteiger partial charge in [-0.2, -0.15) is 0 Å². The van der Waals surface area contributed by atoms with Gasteiger partial charge in [0, 0.05) is 23.2 Å². The van der Waals surface area contributed by atoms with Crippen LogP contribution in [0.4, 0.5) is 5.69 Å². The van der Waals surface area contributed by atoms with Crippen LogP contribution >= 0.6 is 15.9 Å². The maximum Gasteiger partial charge on any atom is 0.0461 e. The first-order valence-corrected chi connectivity index (χ1v) is 6.13. The van der Waals surface area contributed by atoms with Crippen molar-refractivity contribution in [1.29, 1.82) is 0 Å². The third kappa shape index (κ3) is 2.95. The topological polar surface area (TPSA) is 38.0 Å². The molecule has 1 aliphatic rings. The maximum atomic E-state index is 5.82. The number of nitrogens with one attached hydrogen (secondary N) is 1. The van der Waals surface area contributed by atoms with Gasteiger partial charge >= 0.3 is 0 Å². The molecule has 0 aliphatic heterocycles. The molecule has 0 atom stereocenters. The Balaban J connectivity index is 1.85. The molecule has 0 amide bonds. The van der Waals surface area contributed by atoms with Crippen LogP contribution in [0.25, 0.3) is 0 Å². The Morgan fingerprint density at radius 1 is 1.47 bits per heavy atom. The van der Waals surface area contributed by atoms with E-state index in [0.29, 0.717) is 5.41 Å². The minimum Gasteiger partial charge on any atom is -0.398 e. The number of hydrogen-bond acceptors (Lipinski definition) is 2. The molecule has 0 bridgehead atoms. The van der Waals surface area contributed by atoms with Gasteiger partial charge in [0.2, 0.25) is 0 Å². The second-order valence-corrected chi connectivity index (χ2v) is 5.62. The van der Waals surface area contributed by atoms with Crippen molar-refractivity contribution in [3.8, 4) is 0 Å². The average molecular weight is 269 g/mol. The van der Waals surface area contributed by atoms with Gasteiger partial charge in [-0.1, -0.05) is 13.0 Å². The van der Waals surface area contributed by atoms with Gasteiger partial charge in [-0.15, -0.1) is 0 Å². The van der Waals surface area contributed by atoms with Crippen LogP contribution in [0, 0.1) is 5.41 Å². The minimum absolute atomic E-state index is 0.570. The van der Waals surface area contributed by atoms with Crippen molar-refractivity contribution in [3.63, 3.8) is 0 Å². The molecule has 3 N–H and O–H groups in total. The number of rotatable bonds is 4. The van der Waals surface area contributed by atoms with Crippen LogP contribution in [0.1, 0.15) is 25.3 Å². The molecule has 0 aromatic heterocycles. The van der Waals surface area contributed by atoms with E-state index < -0.39 is 0 Å². The van der Waals surface area contributed by atoms with Gasteiger partial charge in [-0.25, -0.2) is 0 Å². The van der Waals surface area contributed by atoms with E-state index >= 15 is 0 Å². The SMILES string of the molecule is CC1(CNCc2ccc(Br)c(N)c2)CC1. The number of anilines is 1. The zero-order valence-electron chi connectivity index (χ0n) is 9.02. The van der Waals surface area contributed by atoms with Gasteiger partial charge in [0.15, 0.2) is 0 Å². The summed E-state index contributed by atoms with van der Waals surface area (Å²) >= 11 is 3.39. The minimum atomic E-state index is 0.570. The van der Waals surface area contributed by atoms with Crippen molar-refractivity contribution in [1.82, 2.24) is 5.32 Å². The molecule has 1 aromatic carbocycles. The zero-order valence-corrected chi connectivity index (χ0v) is 10.6. The normalized spacial score (nSPS) is 17.7. The quantitative estimate of drug-likeness (QED) is 0.825. The molecule has 15 heavy (non-hydrogen) atoms. The summed E-state index contributed by atoms with van der Waals surface area (Å²) in [5.74, 6) is 0. The molecule has 1 fully saturated rings. The van der Waals surface area contributed by atoms with Crippen LogP contribution in [-0.4, -0.2) is 6.54 Å². The Kier molecular flexibility index (Phi) is 3.03. The number of benzene rings is 1. The first-order valence-electron chi connectivity index (χ1n) is 5.34. The number of nitrogen functional groups attached to an aromatic ring is 1. The monoisotopic (exact) mass is 268 g/mol. The van der Waals surface area contributed by atoms with Crippen molar-refractivity contribution in [2.45, 2.75) is 26.3 Å². The van der Waals surface area contributed by atoms with E-state index in [9.17, 15) is 0 Å². The molecule has 0 radical (unpaired) electrons. The first kappa shape index (κ1) is 11.0. The third-order valence-electron chi connectivity index (χ3n) is 3.04. The summed E-state index contributed by atoms with van der Waals surface area (Å²) in [4.78, 5) is 0. The highest BCUT2D eigenvalue weighted by atomic mass is 79.9. The smallest absolute Gasteiger partial charge is 0.0461 e. The lowest BCUT2D eigenvalue weighted by atomic mass is 10.1. The van der Waals surface area contributed by atoms with Gasteiger partial charge in [0.1, 0.15) is 0 Å². The van der Waals surface area contributed by atoms with E-state index in [1.807, 2.05) is 12.1 Å². The molecule has 2 rings (SSSR count). The molecule has 1 saturated carbocycles. The summed E-state index contributed by atoms with van der Waals surface area (Å²) in [5, 5.41) is 3.48. The standard InChI is InChI=1S/C12H17BrN2/c1-12(4-5-12)8-15-7-9-2-3-10(13)11(14)6-9/h2-3,6,15H,4-5,7-8,14H2,1H3. The highest BCUT2D eigenvalue weighted by molar-refractivity contribution is 9.10. The van der Waals surface area contributed by atoms with Crippen molar-refractivity contribution < 1.29 is 0 Å². The highest BCUT2D eigenvalue weighted by Crippen LogP contribution is 2.44. The lowest BCUT2D eigenvalue weighted by molar-refractivity contribution is 0.499. The Labute approximate surface area is 99.4 Å². The van der Waals surface area contributed by atoms with Gasteiger partial charge in [0.05, 0.1) is 0 Å². The van der Waals surface area contributed by atoms with Crippen LogP contribution in [0.3, 0.4) is 0 Å². The van der Waals surface area contributed by atoms with Crippen LogP contribution in [0.5, 0.6) is 0 Å². The molecular formula is C12H17BrN2. The van der Waals surface area contributed by atoms with Gasteiger partial charge in [-0.05, 0) is 51.9 Å². The summed E-state index contributed by atoms with van der Waals surface area (Å²) in [6.45, 7) is 4.35. The molecular weight excluding hydrogens is 252 g/mol. The molecule has 0 saturated heterocycles. The van der Waals surface area contributed by atoms with Crippen LogP contribution in [-0.2, 0) is 6.54 Å². The lowest BCUT2D eigenvalue weighted by Crippen LogP contribution is -2.21.